The number of H-pyrrole nitrogens is 2. The first kappa shape index (κ1) is 22.5. The number of rotatable bonds is 5. The zero-order valence-electron chi connectivity index (χ0n) is 20.6. The number of aromatic nitrogens is 4. The van der Waals surface area contributed by atoms with E-state index in [1.54, 1.807) is 0 Å². The third-order valence-electron chi connectivity index (χ3n) is 6.79. The van der Waals surface area contributed by atoms with Crippen LogP contribution in [0.3, 0.4) is 0 Å². The number of pyridine rings is 2. The molecule has 0 aliphatic carbocycles. The Bertz CT molecular complexity index is 1800. The number of nitrogen functional groups attached to an aromatic ring is 1. The van der Waals surface area contributed by atoms with Gasteiger partial charge in [-0.3, -0.25) is 4.79 Å². The average molecular weight is 487 g/mol. The highest BCUT2D eigenvalue weighted by molar-refractivity contribution is 5.95. The van der Waals surface area contributed by atoms with Crippen LogP contribution in [0.15, 0.2) is 79.3 Å². The number of aryl methyl sites for hydroxylation is 2. The van der Waals surface area contributed by atoms with E-state index in [0.717, 1.165) is 66.8 Å². The van der Waals surface area contributed by atoms with Gasteiger partial charge in [-0.1, -0.05) is 24.3 Å². The molecule has 1 amide bonds. The van der Waals surface area contributed by atoms with Gasteiger partial charge in [-0.15, -0.1) is 0 Å². The average Bonchev–Trinajstić information content (AvgIpc) is 3.42. The van der Waals surface area contributed by atoms with Crippen LogP contribution in [0.5, 0.6) is 0 Å². The van der Waals surface area contributed by atoms with Gasteiger partial charge in [-0.2, -0.15) is 0 Å². The van der Waals surface area contributed by atoms with E-state index < -0.39 is 0 Å². The van der Waals surface area contributed by atoms with E-state index >= 15 is 0 Å². The van der Waals surface area contributed by atoms with Crippen LogP contribution in [-0.2, 0) is 11.2 Å². The van der Waals surface area contributed by atoms with Crippen molar-refractivity contribution >= 4 is 39.3 Å². The monoisotopic (exact) mass is 486 g/mol. The smallest absolute Gasteiger partial charge is 0.230 e. The van der Waals surface area contributed by atoms with Crippen molar-refractivity contribution in [3.63, 3.8) is 0 Å². The molecule has 2 aromatic carbocycles. The van der Waals surface area contributed by atoms with Crippen molar-refractivity contribution in [1.29, 1.82) is 0 Å². The number of benzene rings is 2. The van der Waals surface area contributed by atoms with E-state index in [9.17, 15) is 4.79 Å². The summed E-state index contributed by atoms with van der Waals surface area (Å²) in [4.78, 5) is 28.6. The van der Waals surface area contributed by atoms with Gasteiger partial charge in [0.2, 0.25) is 5.91 Å². The van der Waals surface area contributed by atoms with Crippen LogP contribution in [0, 0.1) is 13.8 Å². The normalized spacial score (nSPS) is 11.3. The van der Waals surface area contributed by atoms with Crippen LogP contribution >= 0.6 is 0 Å². The second-order valence-electron chi connectivity index (χ2n) is 9.37. The number of amides is 1. The van der Waals surface area contributed by atoms with Crippen LogP contribution in [0.4, 0.5) is 11.4 Å². The molecule has 0 atom stereocenters. The number of nitrogens with zero attached hydrogens (tertiary/aromatic N) is 2. The second-order valence-corrected chi connectivity index (χ2v) is 9.37. The Balaban J connectivity index is 1.22. The number of anilines is 2. The highest BCUT2D eigenvalue weighted by Gasteiger charge is 2.14. The molecular weight excluding hydrogens is 460 g/mol. The number of fused-ring (bicyclic) bond motifs is 2. The molecule has 0 bridgehead atoms. The van der Waals surface area contributed by atoms with Crippen LogP contribution in [0.25, 0.3) is 44.3 Å². The third-order valence-corrected chi connectivity index (χ3v) is 6.79. The van der Waals surface area contributed by atoms with Crippen LogP contribution in [0.2, 0.25) is 0 Å². The highest BCUT2D eigenvalue weighted by Crippen LogP contribution is 2.29. The van der Waals surface area contributed by atoms with E-state index in [1.807, 2.05) is 74.0 Å². The summed E-state index contributed by atoms with van der Waals surface area (Å²) in [6.45, 7) is 4.07. The predicted molar refractivity (Wildman–Crippen MR) is 149 cm³/mol. The molecule has 0 spiro atoms. The van der Waals surface area contributed by atoms with E-state index in [0.29, 0.717) is 5.69 Å². The molecule has 5 N–H and O–H groups in total. The summed E-state index contributed by atoms with van der Waals surface area (Å²) in [6.07, 6.45) is 5.84. The molecule has 6 rings (SSSR count). The number of carbonyl (C=O) groups is 1. The number of hydrogen-bond donors (Lipinski definition) is 4. The minimum Gasteiger partial charge on any atom is -0.399 e. The molecular formula is C30H26N6O. The third kappa shape index (κ3) is 4.31. The van der Waals surface area contributed by atoms with Crippen molar-refractivity contribution in [2.24, 2.45) is 0 Å². The number of aromatic amines is 2. The lowest BCUT2D eigenvalue weighted by Gasteiger charge is -2.08. The molecule has 0 aliphatic heterocycles. The van der Waals surface area contributed by atoms with Crippen LogP contribution in [-0.4, -0.2) is 25.8 Å². The second kappa shape index (κ2) is 8.95. The van der Waals surface area contributed by atoms with Crippen molar-refractivity contribution in [1.82, 2.24) is 19.9 Å². The Kier molecular flexibility index (Phi) is 5.45. The fraction of sp³-hybridized carbons (Fsp3) is 0.100. The molecule has 7 heteroatoms. The maximum atomic E-state index is 13.0. The van der Waals surface area contributed by atoms with Crippen molar-refractivity contribution < 1.29 is 4.79 Å². The fourth-order valence-electron chi connectivity index (χ4n) is 4.74. The molecule has 6 aromatic rings. The summed E-state index contributed by atoms with van der Waals surface area (Å²) in [5.41, 5.74) is 16.0. The lowest BCUT2D eigenvalue weighted by molar-refractivity contribution is -0.115. The van der Waals surface area contributed by atoms with Crippen molar-refractivity contribution in [2.75, 3.05) is 11.1 Å². The van der Waals surface area contributed by atoms with Gasteiger partial charge < -0.3 is 21.0 Å². The first-order valence-corrected chi connectivity index (χ1v) is 12.1. The first-order chi connectivity index (χ1) is 17.9. The van der Waals surface area contributed by atoms with Crippen molar-refractivity contribution in [2.45, 2.75) is 20.3 Å². The summed E-state index contributed by atoms with van der Waals surface area (Å²) in [7, 11) is 0. The Morgan fingerprint density at radius 3 is 2.35 bits per heavy atom. The summed E-state index contributed by atoms with van der Waals surface area (Å²) >= 11 is 0. The van der Waals surface area contributed by atoms with E-state index in [1.165, 1.54) is 0 Å². The Morgan fingerprint density at radius 1 is 0.865 bits per heavy atom. The number of nitrogens with two attached hydrogens (primary N) is 1. The Morgan fingerprint density at radius 2 is 1.57 bits per heavy atom. The number of nitrogens with one attached hydrogen (secondary N) is 3. The van der Waals surface area contributed by atoms with Gasteiger partial charge in [0, 0.05) is 57.6 Å². The van der Waals surface area contributed by atoms with Gasteiger partial charge in [-0.25, -0.2) is 9.97 Å². The Hall–Kier alpha value is -4.91. The molecule has 0 saturated heterocycles. The number of carbonyl (C=O) groups excluding carboxylic acids is 1. The maximum Gasteiger partial charge on any atom is 0.230 e. The minimum atomic E-state index is -0.0991. The summed E-state index contributed by atoms with van der Waals surface area (Å²) < 4.78 is 0. The molecule has 37 heavy (non-hydrogen) atoms. The molecule has 0 radical (unpaired) electrons. The summed E-state index contributed by atoms with van der Waals surface area (Å²) in [6, 6.07) is 19.8. The van der Waals surface area contributed by atoms with Gasteiger partial charge in [0.15, 0.2) is 0 Å². The lowest BCUT2D eigenvalue weighted by atomic mass is 10.0. The predicted octanol–water partition coefficient (Wildman–Crippen LogP) is 6.15. The molecule has 0 unspecified atom stereocenters. The fourth-order valence-corrected chi connectivity index (χ4v) is 4.74. The van der Waals surface area contributed by atoms with Gasteiger partial charge >= 0.3 is 0 Å². The first-order valence-electron chi connectivity index (χ1n) is 12.1. The molecule has 0 saturated carbocycles. The molecule has 182 valence electrons. The molecule has 4 aromatic heterocycles. The SMILES string of the molecule is Cc1c[nH]c2ncc(-c3cccc(NC(=O)Cc4[nH]c5ncc(-c6cccc(N)c6)cc5c4C)c3)cc12. The summed E-state index contributed by atoms with van der Waals surface area (Å²) in [5, 5.41) is 5.12. The van der Waals surface area contributed by atoms with Crippen LogP contribution in [0.1, 0.15) is 16.8 Å². The largest absolute Gasteiger partial charge is 0.399 e. The lowest BCUT2D eigenvalue weighted by Crippen LogP contribution is -2.15. The van der Waals surface area contributed by atoms with Crippen molar-refractivity contribution in [3.8, 4) is 22.3 Å². The molecule has 7 nitrogen and oxygen atoms in total. The molecule has 0 aliphatic rings. The van der Waals surface area contributed by atoms with E-state index in [4.69, 9.17) is 5.73 Å². The van der Waals surface area contributed by atoms with Crippen LogP contribution < -0.4 is 11.1 Å². The topological polar surface area (TPSA) is 112 Å². The van der Waals surface area contributed by atoms with E-state index in [-0.39, 0.29) is 12.3 Å². The van der Waals surface area contributed by atoms with Gasteiger partial charge in [0.25, 0.3) is 0 Å². The van der Waals surface area contributed by atoms with Gasteiger partial charge in [0.1, 0.15) is 11.3 Å². The Labute approximate surface area is 213 Å². The quantitative estimate of drug-likeness (QED) is 0.219. The molecule has 0 fully saturated rings. The minimum absolute atomic E-state index is 0.0991. The number of hydrogen-bond acceptors (Lipinski definition) is 4. The maximum absolute atomic E-state index is 13.0. The van der Waals surface area contributed by atoms with Gasteiger partial charge in [-0.05, 0) is 72.5 Å². The highest BCUT2D eigenvalue weighted by atomic mass is 16.1. The van der Waals surface area contributed by atoms with Crippen molar-refractivity contribution in [3.05, 3.63) is 96.1 Å². The molecule has 4 heterocycles. The van der Waals surface area contributed by atoms with Gasteiger partial charge in [0.05, 0.1) is 6.42 Å². The van der Waals surface area contributed by atoms with E-state index in [2.05, 4.69) is 44.3 Å². The standard InChI is InChI=1S/C30H26N6O/c1-17-14-32-29-25(17)11-21(15-33-29)20-6-4-8-24(10-20)35-28(37)13-27-18(2)26-12-22(16-34-30(26)36-27)19-5-3-7-23(31)9-19/h3-12,14-16H,13,31H2,1-2H3,(H,32,33)(H,34,36)(H,35,37). The summed E-state index contributed by atoms with van der Waals surface area (Å²) in [5.74, 6) is -0.0991. The zero-order chi connectivity index (χ0) is 25.5. The zero-order valence-corrected chi connectivity index (χ0v) is 20.6.